The van der Waals surface area contributed by atoms with Crippen molar-refractivity contribution in [1.82, 2.24) is 14.9 Å². The number of benzene rings is 1. The molecule has 0 saturated carbocycles. The maximum Gasteiger partial charge on any atom is 0.336 e. The molecule has 0 radical (unpaired) electrons. The predicted octanol–water partition coefficient (Wildman–Crippen LogP) is 1.14. The topological polar surface area (TPSA) is 87.4 Å². The number of aromatic nitrogens is 2. The third-order valence-corrected chi connectivity index (χ3v) is 3.84. The molecule has 0 amide bonds. The van der Waals surface area contributed by atoms with E-state index in [-0.39, 0.29) is 11.6 Å². The minimum Gasteiger partial charge on any atom is -0.478 e. The first-order valence-electron chi connectivity index (χ1n) is 6.93. The van der Waals surface area contributed by atoms with Gasteiger partial charge in [0.05, 0.1) is 17.7 Å². The van der Waals surface area contributed by atoms with E-state index in [0.29, 0.717) is 17.9 Å². The number of nitrogens with zero attached hydrogens (tertiary/aromatic N) is 2. The molecule has 1 saturated heterocycles. The van der Waals surface area contributed by atoms with Crippen molar-refractivity contribution < 1.29 is 15.0 Å². The van der Waals surface area contributed by atoms with Crippen LogP contribution in [0.4, 0.5) is 0 Å². The van der Waals surface area contributed by atoms with Crippen LogP contribution in [0.15, 0.2) is 36.7 Å². The molecule has 0 spiro atoms. The molecule has 110 valence electrons. The van der Waals surface area contributed by atoms with Gasteiger partial charge < -0.3 is 20.1 Å². The Balaban J connectivity index is 2.05. The molecule has 1 aliphatic rings. The molecular formula is C15H17N3O3. The van der Waals surface area contributed by atoms with Crippen LogP contribution in [0.25, 0.3) is 11.4 Å². The predicted molar refractivity (Wildman–Crippen MR) is 77.2 cm³/mol. The Bertz CT molecular complexity index is 653. The number of piperidine rings is 1. The lowest BCUT2D eigenvalue weighted by molar-refractivity contribution is 0.0697. The van der Waals surface area contributed by atoms with Crippen molar-refractivity contribution in [3.63, 3.8) is 0 Å². The summed E-state index contributed by atoms with van der Waals surface area (Å²) in [5.74, 6) is -0.398. The normalized spacial score (nSPS) is 22.1. The zero-order valence-corrected chi connectivity index (χ0v) is 11.4. The molecule has 0 aliphatic carbocycles. The van der Waals surface area contributed by atoms with E-state index in [1.165, 1.54) is 0 Å². The number of nitrogens with one attached hydrogen (secondary N) is 1. The number of carboxylic acids is 1. The number of β-amino-alcohol motifs (C(OH)–C–C–N with tert-alkyl or cyclic N) is 1. The second-order valence-corrected chi connectivity index (χ2v) is 5.14. The van der Waals surface area contributed by atoms with Crippen molar-refractivity contribution >= 4 is 5.97 Å². The van der Waals surface area contributed by atoms with Gasteiger partial charge in [-0.05, 0) is 19.0 Å². The summed E-state index contributed by atoms with van der Waals surface area (Å²) >= 11 is 0. The lowest BCUT2D eigenvalue weighted by Crippen LogP contribution is -2.41. The van der Waals surface area contributed by atoms with E-state index in [2.05, 4.69) is 10.3 Å². The lowest BCUT2D eigenvalue weighted by atomic mass is 10.0. The van der Waals surface area contributed by atoms with E-state index in [0.717, 1.165) is 13.0 Å². The lowest BCUT2D eigenvalue weighted by Gasteiger charge is -2.30. The smallest absolute Gasteiger partial charge is 0.336 e. The molecule has 21 heavy (non-hydrogen) atoms. The third kappa shape index (κ3) is 2.55. The van der Waals surface area contributed by atoms with Crippen molar-refractivity contribution in [3.05, 3.63) is 42.2 Å². The number of rotatable bonds is 3. The average molecular weight is 287 g/mol. The van der Waals surface area contributed by atoms with Gasteiger partial charge in [0.15, 0.2) is 0 Å². The van der Waals surface area contributed by atoms with E-state index in [4.69, 9.17) is 0 Å². The summed E-state index contributed by atoms with van der Waals surface area (Å²) in [6, 6.07) is 6.70. The Morgan fingerprint density at radius 3 is 2.95 bits per heavy atom. The van der Waals surface area contributed by atoms with Crippen LogP contribution in [0.2, 0.25) is 0 Å². The number of hydrogen-bond acceptors (Lipinski definition) is 4. The van der Waals surface area contributed by atoms with E-state index < -0.39 is 12.1 Å². The summed E-state index contributed by atoms with van der Waals surface area (Å²) in [5.41, 5.74) is 0.786. The van der Waals surface area contributed by atoms with E-state index >= 15 is 0 Å². The highest BCUT2D eigenvalue weighted by Crippen LogP contribution is 2.28. The maximum atomic E-state index is 11.4. The zero-order valence-electron chi connectivity index (χ0n) is 11.4. The van der Waals surface area contributed by atoms with Crippen molar-refractivity contribution in [1.29, 1.82) is 0 Å². The zero-order chi connectivity index (χ0) is 14.8. The molecule has 0 unspecified atom stereocenters. The van der Waals surface area contributed by atoms with Gasteiger partial charge in [0.2, 0.25) is 0 Å². The van der Waals surface area contributed by atoms with Crippen LogP contribution >= 0.6 is 0 Å². The first kappa shape index (κ1) is 13.8. The Morgan fingerprint density at radius 1 is 1.38 bits per heavy atom. The van der Waals surface area contributed by atoms with Crippen LogP contribution in [0.1, 0.15) is 22.8 Å². The van der Waals surface area contributed by atoms with Crippen molar-refractivity contribution in [2.45, 2.75) is 18.6 Å². The monoisotopic (exact) mass is 287 g/mol. The molecule has 2 aromatic rings. The fraction of sp³-hybridized carbons (Fsp3) is 0.333. The summed E-state index contributed by atoms with van der Waals surface area (Å²) < 4.78 is 1.88. The highest BCUT2D eigenvalue weighted by molar-refractivity contribution is 5.95. The van der Waals surface area contributed by atoms with Crippen molar-refractivity contribution in [2.24, 2.45) is 0 Å². The number of imidazole rings is 1. The van der Waals surface area contributed by atoms with Gasteiger partial charge in [-0.3, -0.25) is 0 Å². The van der Waals surface area contributed by atoms with Crippen molar-refractivity contribution in [2.75, 3.05) is 13.1 Å². The summed E-state index contributed by atoms with van der Waals surface area (Å²) in [4.78, 5) is 15.7. The number of aromatic carboxylic acids is 1. The van der Waals surface area contributed by atoms with Crippen LogP contribution in [0.5, 0.6) is 0 Å². The quantitative estimate of drug-likeness (QED) is 0.788. The van der Waals surface area contributed by atoms with Gasteiger partial charge in [-0.25, -0.2) is 9.78 Å². The molecule has 1 aromatic heterocycles. The molecule has 1 aromatic carbocycles. The molecule has 3 rings (SSSR count). The van der Waals surface area contributed by atoms with E-state index in [1.54, 1.807) is 36.7 Å². The largest absolute Gasteiger partial charge is 0.478 e. The van der Waals surface area contributed by atoms with Crippen LogP contribution < -0.4 is 5.32 Å². The highest BCUT2D eigenvalue weighted by Gasteiger charge is 2.27. The Kier molecular flexibility index (Phi) is 3.72. The first-order chi connectivity index (χ1) is 10.2. The molecule has 6 nitrogen and oxygen atoms in total. The summed E-state index contributed by atoms with van der Waals surface area (Å²) in [6.45, 7) is 1.35. The molecule has 3 N–H and O–H groups in total. The second-order valence-electron chi connectivity index (χ2n) is 5.14. The molecule has 2 heterocycles. The summed E-state index contributed by atoms with van der Waals surface area (Å²) in [6.07, 6.45) is 3.71. The van der Waals surface area contributed by atoms with Gasteiger partial charge in [-0.1, -0.05) is 18.2 Å². The van der Waals surface area contributed by atoms with E-state index in [1.807, 2.05) is 4.57 Å². The minimum absolute atomic E-state index is 0.0920. The first-order valence-corrected chi connectivity index (χ1v) is 6.93. The van der Waals surface area contributed by atoms with Gasteiger partial charge in [0.1, 0.15) is 5.82 Å². The third-order valence-electron chi connectivity index (χ3n) is 3.84. The Morgan fingerprint density at radius 2 is 2.19 bits per heavy atom. The standard InChI is InChI=1S/C15H17N3O3/c19-13-9-16-6-5-12(13)18-8-7-17-14(18)10-3-1-2-4-11(10)15(20)21/h1-4,7-8,12-13,16,19H,5-6,9H2,(H,20,21)/t12-,13-/m0/s1. The number of carboxylic acid groups (broad SMARTS) is 1. The van der Waals surface area contributed by atoms with Crippen LogP contribution in [-0.4, -0.2) is 44.9 Å². The molecular weight excluding hydrogens is 270 g/mol. The van der Waals surface area contributed by atoms with Gasteiger partial charge in [0, 0.05) is 24.5 Å². The molecule has 1 aliphatic heterocycles. The Hall–Kier alpha value is -2.18. The maximum absolute atomic E-state index is 11.4. The molecule has 6 heteroatoms. The number of hydrogen-bond donors (Lipinski definition) is 3. The van der Waals surface area contributed by atoms with Gasteiger partial charge in [-0.2, -0.15) is 0 Å². The van der Waals surface area contributed by atoms with Crippen LogP contribution in [0.3, 0.4) is 0 Å². The number of carbonyl (C=O) groups is 1. The summed E-state index contributed by atoms with van der Waals surface area (Å²) in [7, 11) is 0. The highest BCUT2D eigenvalue weighted by atomic mass is 16.4. The van der Waals surface area contributed by atoms with Gasteiger partial charge >= 0.3 is 5.97 Å². The second kappa shape index (κ2) is 5.67. The van der Waals surface area contributed by atoms with E-state index in [9.17, 15) is 15.0 Å². The number of aliphatic hydroxyl groups is 1. The Labute approximate surface area is 122 Å². The molecule has 0 bridgehead atoms. The molecule has 1 fully saturated rings. The van der Waals surface area contributed by atoms with Gasteiger partial charge in [0.25, 0.3) is 0 Å². The van der Waals surface area contributed by atoms with Gasteiger partial charge in [-0.15, -0.1) is 0 Å². The average Bonchev–Trinajstić information content (AvgIpc) is 2.96. The minimum atomic E-state index is -0.981. The fourth-order valence-corrected chi connectivity index (χ4v) is 2.81. The SMILES string of the molecule is O=C(O)c1ccccc1-c1nccn1[C@H]1CCNC[C@@H]1O. The fourth-order valence-electron chi connectivity index (χ4n) is 2.81. The van der Waals surface area contributed by atoms with Crippen molar-refractivity contribution in [3.8, 4) is 11.4 Å². The summed E-state index contributed by atoms with van der Waals surface area (Å²) in [5, 5.41) is 22.6. The molecule has 2 atom stereocenters. The van der Waals surface area contributed by atoms with Crippen LogP contribution in [-0.2, 0) is 0 Å². The van der Waals surface area contributed by atoms with Crippen LogP contribution in [0, 0.1) is 0 Å². The number of aliphatic hydroxyl groups excluding tert-OH is 1.